The van der Waals surface area contributed by atoms with Crippen LogP contribution >= 0.6 is 0 Å². The third-order valence-corrected chi connectivity index (χ3v) is 2.96. The van der Waals surface area contributed by atoms with E-state index in [9.17, 15) is 4.79 Å². The lowest BCUT2D eigenvalue weighted by atomic mass is 10.1. The topological polar surface area (TPSA) is 100 Å². The van der Waals surface area contributed by atoms with Crippen molar-refractivity contribution in [2.75, 3.05) is 6.61 Å². The van der Waals surface area contributed by atoms with Gasteiger partial charge in [-0.05, 0) is 13.8 Å². The van der Waals surface area contributed by atoms with Crippen molar-refractivity contribution in [1.82, 2.24) is 0 Å². The van der Waals surface area contributed by atoms with Crippen molar-refractivity contribution in [3.63, 3.8) is 0 Å². The first-order valence-corrected chi connectivity index (χ1v) is 5.89. The molecule has 2 aliphatic heterocycles. The van der Waals surface area contributed by atoms with E-state index in [1.807, 2.05) is 0 Å². The molecule has 104 valence electrons. The highest BCUT2D eigenvalue weighted by molar-refractivity contribution is 5.66. The van der Waals surface area contributed by atoms with Gasteiger partial charge in [0.2, 0.25) is 6.29 Å². The molecule has 0 aromatic heterocycles. The molecule has 7 heteroatoms. The predicted octanol–water partition coefficient (Wildman–Crippen LogP) is -0.886. The molecule has 0 bridgehead atoms. The zero-order valence-corrected chi connectivity index (χ0v) is 10.7. The molecule has 2 rings (SSSR count). The second-order valence-corrected chi connectivity index (χ2v) is 4.99. The molecular weight excluding hydrogens is 242 g/mol. The Hall–Kier alpha value is -0.730. The fourth-order valence-corrected chi connectivity index (χ4v) is 2.30. The molecule has 5 atom stereocenters. The first-order chi connectivity index (χ1) is 8.34. The zero-order valence-electron chi connectivity index (χ0n) is 10.7. The lowest BCUT2D eigenvalue weighted by Crippen LogP contribution is -2.45. The molecule has 0 spiro atoms. The summed E-state index contributed by atoms with van der Waals surface area (Å²) < 4.78 is 21.9. The fraction of sp³-hybridized carbons (Fsp3) is 0.909. The Bertz CT molecular complexity index is 333. The number of nitrogens with two attached hydrogens (primary N) is 1. The van der Waals surface area contributed by atoms with Crippen LogP contribution in [0.25, 0.3) is 0 Å². The van der Waals surface area contributed by atoms with E-state index in [2.05, 4.69) is 0 Å². The molecule has 0 saturated carbocycles. The van der Waals surface area contributed by atoms with Crippen LogP contribution in [-0.2, 0) is 23.7 Å². The number of rotatable bonds is 3. The Labute approximate surface area is 105 Å². The smallest absolute Gasteiger partial charge is 0.305 e. The molecule has 18 heavy (non-hydrogen) atoms. The molecule has 0 unspecified atom stereocenters. The molecule has 2 fully saturated rings. The van der Waals surface area contributed by atoms with Crippen molar-refractivity contribution in [2.45, 2.75) is 57.2 Å². The highest BCUT2D eigenvalue weighted by atomic mass is 16.8. The van der Waals surface area contributed by atoms with Gasteiger partial charge in [0, 0.05) is 6.92 Å². The van der Waals surface area contributed by atoms with E-state index < -0.39 is 42.4 Å². The highest BCUT2D eigenvalue weighted by Gasteiger charge is 2.57. The molecule has 2 heterocycles. The number of fused-ring (bicyclic) bond motifs is 1. The summed E-state index contributed by atoms with van der Waals surface area (Å²) in [6.07, 6.45) is -2.39. The number of ether oxygens (including phenoxy) is 4. The molecule has 0 aromatic rings. The van der Waals surface area contributed by atoms with Crippen LogP contribution in [0.15, 0.2) is 0 Å². The number of aliphatic hydroxyl groups is 1. The normalized spacial score (nSPS) is 39.4. The third kappa shape index (κ3) is 2.50. The number of hydrogen-bond acceptors (Lipinski definition) is 7. The average molecular weight is 261 g/mol. The standard InChI is InChI=1S/C11H19NO6/c1-5(14)15-10-9-8(17-11(2,3)18-9)7(16-10)6(12)4-13/h6-10,13H,4,12H2,1-3H3/t6-,7+,8-,9-,10-/m1/s1. The molecular formula is C11H19NO6. The van der Waals surface area contributed by atoms with Crippen LogP contribution in [-0.4, -0.2) is 54.1 Å². The summed E-state index contributed by atoms with van der Waals surface area (Å²) in [4.78, 5) is 11.0. The monoisotopic (exact) mass is 261 g/mol. The lowest BCUT2D eigenvalue weighted by molar-refractivity contribution is -0.233. The van der Waals surface area contributed by atoms with Gasteiger partial charge in [-0.1, -0.05) is 0 Å². The molecule has 0 amide bonds. The number of hydrogen-bond donors (Lipinski definition) is 2. The van der Waals surface area contributed by atoms with Crippen LogP contribution in [0.2, 0.25) is 0 Å². The van der Waals surface area contributed by atoms with Gasteiger partial charge < -0.3 is 29.8 Å². The molecule has 2 saturated heterocycles. The zero-order chi connectivity index (χ0) is 13.5. The van der Waals surface area contributed by atoms with Gasteiger partial charge in [0.25, 0.3) is 0 Å². The van der Waals surface area contributed by atoms with Crippen molar-refractivity contribution < 1.29 is 28.8 Å². The van der Waals surface area contributed by atoms with E-state index >= 15 is 0 Å². The summed E-state index contributed by atoms with van der Waals surface area (Å²) in [7, 11) is 0. The lowest BCUT2D eigenvalue weighted by Gasteiger charge is -2.25. The van der Waals surface area contributed by atoms with Gasteiger partial charge >= 0.3 is 5.97 Å². The van der Waals surface area contributed by atoms with Gasteiger partial charge in [0.15, 0.2) is 11.9 Å². The van der Waals surface area contributed by atoms with Crippen LogP contribution in [0, 0.1) is 0 Å². The first-order valence-electron chi connectivity index (χ1n) is 5.89. The van der Waals surface area contributed by atoms with Crippen LogP contribution in [0.5, 0.6) is 0 Å². The summed E-state index contributed by atoms with van der Waals surface area (Å²) >= 11 is 0. The van der Waals surface area contributed by atoms with E-state index in [-0.39, 0.29) is 6.61 Å². The van der Waals surface area contributed by atoms with Gasteiger partial charge in [-0.2, -0.15) is 0 Å². The summed E-state index contributed by atoms with van der Waals surface area (Å²) in [6.45, 7) is 4.57. The van der Waals surface area contributed by atoms with Crippen molar-refractivity contribution in [2.24, 2.45) is 5.73 Å². The van der Waals surface area contributed by atoms with Gasteiger partial charge in [-0.3, -0.25) is 4.79 Å². The summed E-state index contributed by atoms with van der Waals surface area (Å²) in [6, 6.07) is -0.615. The molecule has 3 N–H and O–H groups in total. The second-order valence-electron chi connectivity index (χ2n) is 4.99. The summed E-state index contributed by atoms with van der Waals surface area (Å²) in [5.74, 6) is -1.25. The van der Waals surface area contributed by atoms with Crippen molar-refractivity contribution in [3.05, 3.63) is 0 Å². The van der Waals surface area contributed by atoms with E-state index in [4.69, 9.17) is 29.8 Å². The van der Waals surface area contributed by atoms with E-state index in [0.29, 0.717) is 0 Å². The number of esters is 1. The third-order valence-electron chi connectivity index (χ3n) is 2.96. The number of aliphatic hydroxyl groups excluding tert-OH is 1. The van der Waals surface area contributed by atoms with E-state index in [1.54, 1.807) is 13.8 Å². The molecule has 0 aliphatic carbocycles. The van der Waals surface area contributed by atoms with Crippen LogP contribution < -0.4 is 5.73 Å². The SMILES string of the molecule is CC(=O)O[C@@H]1O[C@@H]([C@H](N)CO)[C@H]2OC(C)(C)O[C@@H]12. The van der Waals surface area contributed by atoms with Crippen LogP contribution in [0.1, 0.15) is 20.8 Å². The summed E-state index contributed by atoms with van der Waals surface area (Å²) in [5.41, 5.74) is 5.76. The quantitative estimate of drug-likeness (QED) is 0.636. The maximum absolute atomic E-state index is 11.0. The Morgan fingerprint density at radius 1 is 1.44 bits per heavy atom. The number of carbonyl (C=O) groups is 1. The minimum Gasteiger partial charge on any atom is -0.433 e. The predicted molar refractivity (Wildman–Crippen MR) is 59.3 cm³/mol. The maximum Gasteiger partial charge on any atom is 0.305 e. The van der Waals surface area contributed by atoms with E-state index in [0.717, 1.165) is 0 Å². The Kier molecular flexibility index (Phi) is 3.61. The van der Waals surface area contributed by atoms with Crippen LogP contribution in [0.3, 0.4) is 0 Å². The average Bonchev–Trinajstić information content (AvgIpc) is 2.72. The van der Waals surface area contributed by atoms with E-state index in [1.165, 1.54) is 6.92 Å². The van der Waals surface area contributed by atoms with Crippen molar-refractivity contribution in [1.29, 1.82) is 0 Å². The van der Waals surface area contributed by atoms with Crippen molar-refractivity contribution in [3.8, 4) is 0 Å². The minimum atomic E-state index is -0.850. The first kappa shape index (κ1) is 13.7. The maximum atomic E-state index is 11.0. The molecule has 0 aromatic carbocycles. The second kappa shape index (κ2) is 4.75. The van der Waals surface area contributed by atoms with Crippen LogP contribution in [0.4, 0.5) is 0 Å². The van der Waals surface area contributed by atoms with Crippen molar-refractivity contribution >= 4 is 5.97 Å². The Balaban J connectivity index is 2.15. The van der Waals surface area contributed by atoms with Gasteiger partial charge in [0.05, 0.1) is 12.6 Å². The fourth-order valence-electron chi connectivity index (χ4n) is 2.30. The van der Waals surface area contributed by atoms with Gasteiger partial charge in [0.1, 0.15) is 12.2 Å². The Morgan fingerprint density at radius 3 is 2.61 bits per heavy atom. The Morgan fingerprint density at radius 2 is 2.06 bits per heavy atom. The highest BCUT2D eigenvalue weighted by Crippen LogP contribution is 2.39. The van der Waals surface area contributed by atoms with Gasteiger partial charge in [-0.15, -0.1) is 0 Å². The minimum absolute atomic E-state index is 0.246. The molecule has 7 nitrogen and oxygen atoms in total. The largest absolute Gasteiger partial charge is 0.433 e. The van der Waals surface area contributed by atoms with Gasteiger partial charge in [-0.25, -0.2) is 0 Å². The number of carbonyl (C=O) groups excluding carboxylic acids is 1. The summed E-state index contributed by atoms with van der Waals surface area (Å²) in [5, 5.41) is 9.10. The molecule has 2 aliphatic rings. The molecule has 0 radical (unpaired) electrons.